The maximum Gasteiger partial charge on any atom is 0.267 e. The van der Waals surface area contributed by atoms with Gasteiger partial charge >= 0.3 is 0 Å². The van der Waals surface area contributed by atoms with Gasteiger partial charge in [-0.1, -0.05) is 18.2 Å². The fourth-order valence-electron chi connectivity index (χ4n) is 3.15. The van der Waals surface area contributed by atoms with Crippen molar-refractivity contribution >= 4 is 22.6 Å². The highest BCUT2D eigenvalue weighted by Crippen LogP contribution is 2.12. The molecule has 0 unspecified atom stereocenters. The zero-order valence-corrected chi connectivity index (χ0v) is 15.5. The van der Waals surface area contributed by atoms with Crippen molar-refractivity contribution in [1.29, 1.82) is 5.41 Å². The molecule has 0 aliphatic carbocycles. The maximum absolute atomic E-state index is 13.1. The van der Waals surface area contributed by atoms with E-state index in [0.29, 0.717) is 11.3 Å². The van der Waals surface area contributed by atoms with Crippen LogP contribution in [0.15, 0.2) is 72.4 Å². The number of carbonyl (C=O) groups excluding carboxylic acids is 1. The molecular formula is C21H18N6O2. The van der Waals surface area contributed by atoms with Crippen molar-refractivity contribution in [3.63, 3.8) is 0 Å². The Hall–Kier alpha value is -4.07. The molecule has 29 heavy (non-hydrogen) atoms. The first kappa shape index (κ1) is 18.3. The number of fused-ring (bicyclic) bond motifs is 2. The molecule has 0 saturated heterocycles. The molecule has 0 saturated carbocycles. The van der Waals surface area contributed by atoms with Gasteiger partial charge in [-0.3, -0.25) is 24.4 Å². The Kier molecular flexibility index (Phi) is 4.74. The third-order valence-electron chi connectivity index (χ3n) is 4.53. The van der Waals surface area contributed by atoms with Crippen molar-refractivity contribution in [2.24, 2.45) is 0 Å². The zero-order valence-electron chi connectivity index (χ0n) is 15.5. The number of rotatable bonds is 5. The summed E-state index contributed by atoms with van der Waals surface area (Å²) in [6.07, 6.45) is 6.51. The number of hydrogen-bond acceptors (Lipinski definition) is 5. The van der Waals surface area contributed by atoms with Crippen LogP contribution >= 0.6 is 0 Å². The summed E-state index contributed by atoms with van der Waals surface area (Å²) in [4.78, 5) is 34.4. The average Bonchev–Trinajstić information content (AvgIpc) is 2.75. The summed E-state index contributed by atoms with van der Waals surface area (Å²) in [6.45, 7) is 4.09. The molecule has 2 N–H and O–H groups in total. The lowest BCUT2D eigenvalue weighted by Crippen LogP contribution is -2.35. The highest BCUT2D eigenvalue weighted by molar-refractivity contribution is 5.96. The van der Waals surface area contributed by atoms with Crippen LogP contribution in [0.5, 0.6) is 0 Å². The normalized spacial score (nSPS) is 10.9. The van der Waals surface area contributed by atoms with Gasteiger partial charge in [0.1, 0.15) is 16.8 Å². The topological polar surface area (TPSA) is 105 Å². The van der Waals surface area contributed by atoms with Crippen LogP contribution in [-0.2, 0) is 6.54 Å². The highest BCUT2D eigenvalue weighted by Gasteiger charge is 2.17. The van der Waals surface area contributed by atoms with Gasteiger partial charge < -0.3 is 9.88 Å². The van der Waals surface area contributed by atoms with Crippen LogP contribution in [-0.4, -0.2) is 31.4 Å². The fourth-order valence-corrected chi connectivity index (χ4v) is 3.15. The Morgan fingerprint density at radius 1 is 1.28 bits per heavy atom. The average molecular weight is 386 g/mol. The van der Waals surface area contributed by atoms with Gasteiger partial charge in [0.15, 0.2) is 0 Å². The predicted octanol–water partition coefficient (Wildman–Crippen LogP) is 1.49. The van der Waals surface area contributed by atoms with Crippen molar-refractivity contribution in [1.82, 2.24) is 24.3 Å². The number of aromatic nitrogens is 4. The van der Waals surface area contributed by atoms with E-state index in [1.54, 1.807) is 53.5 Å². The molecule has 4 heterocycles. The molecule has 8 nitrogen and oxygen atoms in total. The first-order valence-electron chi connectivity index (χ1n) is 8.97. The van der Waals surface area contributed by atoms with Crippen molar-refractivity contribution in [3.05, 3.63) is 94.6 Å². The minimum atomic E-state index is -0.450. The molecule has 0 spiro atoms. The van der Waals surface area contributed by atoms with E-state index in [0.717, 1.165) is 5.56 Å². The van der Waals surface area contributed by atoms with E-state index < -0.39 is 5.91 Å². The second kappa shape index (κ2) is 7.51. The number of amides is 1. The second-order valence-corrected chi connectivity index (χ2v) is 6.44. The second-order valence-electron chi connectivity index (χ2n) is 6.44. The molecule has 0 atom stereocenters. The Bertz CT molecular complexity index is 1350. The van der Waals surface area contributed by atoms with Crippen molar-refractivity contribution in [2.45, 2.75) is 6.54 Å². The molecule has 0 bridgehead atoms. The quantitative estimate of drug-likeness (QED) is 0.400. The molecule has 4 aromatic rings. The maximum atomic E-state index is 13.1. The van der Waals surface area contributed by atoms with E-state index >= 15 is 0 Å². The van der Waals surface area contributed by atoms with Gasteiger partial charge in [-0.25, -0.2) is 4.98 Å². The van der Waals surface area contributed by atoms with Crippen molar-refractivity contribution in [2.75, 3.05) is 6.54 Å². The lowest BCUT2D eigenvalue weighted by atomic mass is 10.1. The van der Waals surface area contributed by atoms with Gasteiger partial charge in [-0.05, 0) is 29.8 Å². The predicted molar refractivity (Wildman–Crippen MR) is 109 cm³/mol. The highest BCUT2D eigenvalue weighted by atomic mass is 16.1. The number of pyridine rings is 3. The minimum absolute atomic E-state index is 0.0323. The van der Waals surface area contributed by atoms with Crippen molar-refractivity contribution < 1.29 is 4.79 Å². The van der Waals surface area contributed by atoms with Crippen LogP contribution in [0.2, 0.25) is 0 Å². The van der Waals surface area contributed by atoms with Gasteiger partial charge in [-0.15, -0.1) is 6.58 Å². The summed E-state index contributed by atoms with van der Waals surface area (Å²) in [5.41, 5.74) is 1.39. The van der Waals surface area contributed by atoms with E-state index in [1.807, 2.05) is 6.07 Å². The summed E-state index contributed by atoms with van der Waals surface area (Å²) in [5.74, 6) is -0.450. The summed E-state index contributed by atoms with van der Waals surface area (Å²) in [7, 11) is 0. The smallest absolute Gasteiger partial charge is 0.267 e. The molecule has 0 aliphatic rings. The summed E-state index contributed by atoms with van der Waals surface area (Å²) in [5, 5.41) is 11.6. The molecular weight excluding hydrogens is 368 g/mol. The van der Waals surface area contributed by atoms with E-state index in [1.165, 1.54) is 10.5 Å². The Labute approximate surface area is 165 Å². The Balaban J connectivity index is 2.04. The van der Waals surface area contributed by atoms with Crippen LogP contribution < -0.4 is 16.4 Å². The third-order valence-corrected chi connectivity index (χ3v) is 4.53. The molecule has 0 radical (unpaired) electrons. The van der Waals surface area contributed by atoms with Crippen LogP contribution in [0.1, 0.15) is 15.9 Å². The van der Waals surface area contributed by atoms with Gasteiger partial charge in [0.05, 0.1) is 17.5 Å². The minimum Gasteiger partial charge on any atom is -0.348 e. The number of carbonyl (C=O) groups is 1. The molecule has 8 heteroatoms. The summed E-state index contributed by atoms with van der Waals surface area (Å²) in [6, 6.07) is 10.3. The van der Waals surface area contributed by atoms with E-state index in [-0.39, 0.29) is 35.1 Å². The lowest BCUT2D eigenvalue weighted by molar-refractivity contribution is 0.0955. The Morgan fingerprint density at radius 2 is 2.14 bits per heavy atom. The zero-order chi connectivity index (χ0) is 20.4. The van der Waals surface area contributed by atoms with Crippen LogP contribution in [0.4, 0.5) is 0 Å². The van der Waals surface area contributed by atoms with Crippen LogP contribution in [0.3, 0.4) is 0 Å². The van der Waals surface area contributed by atoms with Crippen LogP contribution in [0.25, 0.3) is 16.7 Å². The van der Waals surface area contributed by atoms with Crippen molar-refractivity contribution in [3.8, 4) is 0 Å². The Morgan fingerprint density at radius 3 is 2.90 bits per heavy atom. The molecule has 1 amide bonds. The monoisotopic (exact) mass is 386 g/mol. The molecule has 4 aromatic heterocycles. The van der Waals surface area contributed by atoms with Gasteiger partial charge in [0.25, 0.3) is 11.5 Å². The fraction of sp³-hybridized carbons (Fsp3) is 0.0952. The van der Waals surface area contributed by atoms with Gasteiger partial charge in [0, 0.05) is 25.1 Å². The molecule has 144 valence electrons. The molecule has 0 fully saturated rings. The SMILES string of the molecule is C=CCNC(=O)c1cc2c(=O)n3ccccc3nc2n(Cc2cccnc2)c1=N. The molecule has 0 aliphatic heterocycles. The van der Waals surface area contributed by atoms with E-state index in [2.05, 4.69) is 21.9 Å². The number of nitrogens with zero attached hydrogens (tertiary/aromatic N) is 4. The standard InChI is InChI=1S/C21H18N6O2/c1-2-8-24-20(28)15-11-16-19(25-17-7-3-4-10-26(17)21(16)29)27(18(15)22)13-14-6-5-9-23-12-14/h2-7,9-12,22H,1,8,13H2,(H,24,28). The van der Waals surface area contributed by atoms with E-state index in [4.69, 9.17) is 5.41 Å². The largest absolute Gasteiger partial charge is 0.348 e. The van der Waals surface area contributed by atoms with E-state index in [9.17, 15) is 9.59 Å². The molecule has 4 rings (SSSR count). The summed E-state index contributed by atoms with van der Waals surface area (Å²) >= 11 is 0. The number of nitrogens with one attached hydrogen (secondary N) is 2. The summed E-state index contributed by atoms with van der Waals surface area (Å²) < 4.78 is 2.98. The molecule has 0 aromatic carbocycles. The first-order valence-corrected chi connectivity index (χ1v) is 8.97. The lowest BCUT2D eigenvalue weighted by Gasteiger charge is -2.14. The third kappa shape index (κ3) is 3.31. The van der Waals surface area contributed by atoms with Gasteiger partial charge in [-0.2, -0.15) is 0 Å². The van der Waals surface area contributed by atoms with Crippen LogP contribution in [0, 0.1) is 5.41 Å². The van der Waals surface area contributed by atoms with Gasteiger partial charge in [0.2, 0.25) is 0 Å². The number of hydrogen-bond donors (Lipinski definition) is 2. The first-order chi connectivity index (χ1) is 14.1.